The number of hydrogen-bond donors (Lipinski definition) is 1. The summed E-state index contributed by atoms with van der Waals surface area (Å²) in [6.07, 6.45) is 3.18. The van der Waals surface area contributed by atoms with Crippen molar-refractivity contribution in [2.75, 3.05) is 12.0 Å². The van der Waals surface area contributed by atoms with Crippen molar-refractivity contribution in [3.63, 3.8) is 0 Å². The summed E-state index contributed by atoms with van der Waals surface area (Å²) in [5.74, 6) is -1.43. The van der Waals surface area contributed by atoms with E-state index in [0.29, 0.717) is 27.6 Å². The highest BCUT2D eigenvalue weighted by Crippen LogP contribution is 2.44. The molecule has 1 atom stereocenters. The van der Waals surface area contributed by atoms with Crippen LogP contribution in [0.3, 0.4) is 0 Å². The monoisotopic (exact) mass is 448 g/mol. The third-order valence-electron chi connectivity index (χ3n) is 5.47. The Balaban J connectivity index is 2.00. The van der Waals surface area contributed by atoms with Crippen molar-refractivity contribution in [3.05, 3.63) is 93.8 Å². The number of carbonyl (C=O) groups excluding carboxylic acids is 2. The molecule has 162 valence electrons. The number of amides is 1. The zero-order chi connectivity index (χ0) is 23.0. The smallest absolute Gasteiger partial charge is 0.300 e. The molecular formula is C25H21ClN2O4. The summed E-state index contributed by atoms with van der Waals surface area (Å²) in [4.78, 5) is 32.0. The Morgan fingerprint density at radius 1 is 1.12 bits per heavy atom. The Labute approximate surface area is 190 Å². The first-order valence-electron chi connectivity index (χ1n) is 9.95. The molecule has 1 N–H and O–H groups in total. The molecule has 1 aromatic heterocycles. The van der Waals surface area contributed by atoms with Crippen LogP contribution in [-0.4, -0.2) is 28.9 Å². The first-order chi connectivity index (χ1) is 15.3. The summed E-state index contributed by atoms with van der Waals surface area (Å²) < 4.78 is 5.40. The van der Waals surface area contributed by atoms with Crippen molar-refractivity contribution in [1.82, 2.24) is 4.98 Å². The number of aliphatic hydroxyl groups excluding tert-OH is 1. The second-order valence-corrected chi connectivity index (χ2v) is 8.03. The number of ketones is 1. The van der Waals surface area contributed by atoms with E-state index < -0.39 is 17.7 Å². The van der Waals surface area contributed by atoms with Gasteiger partial charge in [-0.05, 0) is 61.4 Å². The summed E-state index contributed by atoms with van der Waals surface area (Å²) >= 11 is 6.11. The molecule has 3 aromatic rings. The topological polar surface area (TPSA) is 79.7 Å². The van der Waals surface area contributed by atoms with Crippen molar-refractivity contribution < 1.29 is 19.4 Å². The molecule has 6 nitrogen and oxygen atoms in total. The highest BCUT2D eigenvalue weighted by molar-refractivity contribution is 6.52. The molecule has 0 radical (unpaired) electrons. The molecule has 7 heteroatoms. The standard InChI is InChI=1S/C25H21ClN2O4/c1-14-6-9-20(32-3)18(11-14)23(29)21-22(16-5-4-10-27-13-16)28(25(31)24(21)30)19-8-7-17(26)12-15(19)2/h4-13,22,29H,1-3H3/b23-21+. The van der Waals surface area contributed by atoms with E-state index in [-0.39, 0.29) is 11.3 Å². The van der Waals surface area contributed by atoms with Crippen LogP contribution in [0.2, 0.25) is 5.02 Å². The van der Waals surface area contributed by atoms with Gasteiger partial charge in [0.15, 0.2) is 0 Å². The van der Waals surface area contributed by atoms with Gasteiger partial charge in [-0.25, -0.2) is 0 Å². The first kappa shape index (κ1) is 21.6. The third kappa shape index (κ3) is 3.63. The number of carbonyl (C=O) groups is 2. The molecule has 2 heterocycles. The van der Waals surface area contributed by atoms with Crippen LogP contribution in [0, 0.1) is 13.8 Å². The van der Waals surface area contributed by atoms with Gasteiger partial charge >= 0.3 is 0 Å². The van der Waals surface area contributed by atoms with Gasteiger partial charge in [0.25, 0.3) is 11.7 Å². The van der Waals surface area contributed by atoms with Crippen molar-refractivity contribution >= 4 is 34.7 Å². The molecule has 1 aliphatic rings. The van der Waals surface area contributed by atoms with Crippen LogP contribution in [0.5, 0.6) is 5.75 Å². The maximum atomic E-state index is 13.3. The Kier molecular flexibility index (Phi) is 5.72. The van der Waals surface area contributed by atoms with Crippen LogP contribution in [0.4, 0.5) is 5.69 Å². The van der Waals surface area contributed by atoms with Gasteiger partial charge < -0.3 is 9.84 Å². The number of aliphatic hydroxyl groups is 1. The quantitative estimate of drug-likeness (QED) is 0.345. The molecule has 1 saturated heterocycles. The molecule has 32 heavy (non-hydrogen) atoms. The molecule has 0 saturated carbocycles. The predicted molar refractivity (Wildman–Crippen MR) is 123 cm³/mol. The zero-order valence-electron chi connectivity index (χ0n) is 17.8. The number of rotatable bonds is 4. The van der Waals surface area contributed by atoms with Crippen molar-refractivity contribution in [1.29, 1.82) is 0 Å². The Bertz CT molecular complexity index is 1250. The molecular weight excluding hydrogens is 428 g/mol. The lowest BCUT2D eigenvalue weighted by Gasteiger charge is -2.26. The number of nitrogens with zero attached hydrogens (tertiary/aromatic N) is 2. The van der Waals surface area contributed by atoms with Gasteiger partial charge in [0.05, 0.1) is 24.3 Å². The van der Waals surface area contributed by atoms with Crippen LogP contribution < -0.4 is 9.64 Å². The van der Waals surface area contributed by atoms with Crippen molar-refractivity contribution in [3.8, 4) is 5.75 Å². The SMILES string of the molecule is COc1ccc(C)cc1/C(O)=C1\C(=O)C(=O)N(c2ccc(Cl)cc2C)C1c1cccnc1. The summed E-state index contributed by atoms with van der Waals surface area (Å²) in [5.41, 5.74) is 3.03. The Morgan fingerprint density at radius 2 is 1.91 bits per heavy atom. The first-order valence-corrected chi connectivity index (χ1v) is 10.3. The van der Waals surface area contributed by atoms with Crippen LogP contribution in [0.15, 0.2) is 66.5 Å². The molecule has 1 amide bonds. The minimum Gasteiger partial charge on any atom is -0.507 e. The van der Waals surface area contributed by atoms with Gasteiger partial charge in [0.1, 0.15) is 11.5 Å². The van der Waals surface area contributed by atoms with Gasteiger partial charge in [-0.3, -0.25) is 19.5 Å². The van der Waals surface area contributed by atoms with E-state index in [4.69, 9.17) is 16.3 Å². The third-order valence-corrected chi connectivity index (χ3v) is 5.71. The molecule has 1 fully saturated rings. The van der Waals surface area contributed by atoms with Crippen LogP contribution in [-0.2, 0) is 9.59 Å². The number of pyridine rings is 1. The normalized spacial score (nSPS) is 17.6. The number of hydrogen-bond acceptors (Lipinski definition) is 5. The number of ether oxygens (including phenoxy) is 1. The second-order valence-electron chi connectivity index (χ2n) is 7.59. The lowest BCUT2D eigenvalue weighted by molar-refractivity contribution is -0.132. The zero-order valence-corrected chi connectivity index (χ0v) is 18.6. The molecule has 0 spiro atoms. The fraction of sp³-hybridized carbons (Fsp3) is 0.160. The lowest BCUT2D eigenvalue weighted by Crippen LogP contribution is -2.30. The van der Waals surface area contributed by atoms with E-state index in [1.165, 1.54) is 12.0 Å². The Morgan fingerprint density at radius 3 is 2.56 bits per heavy atom. The molecule has 1 unspecified atom stereocenters. The number of methoxy groups -OCH3 is 1. The maximum absolute atomic E-state index is 13.3. The number of benzene rings is 2. The molecule has 2 aromatic carbocycles. The van der Waals surface area contributed by atoms with Crippen LogP contribution in [0.25, 0.3) is 5.76 Å². The van der Waals surface area contributed by atoms with Gasteiger partial charge in [0.2, 0.25) is 0 Å². The lowest BCUT2D eigenvalue weighted by atomic mass is 9.95. The minimum atomic E-state index is -0.867. The van der Waals surface area contributed by atoms with E-state index in [2.05, 4.69) is 4.98 Å². The van der Waals surface area contributed by atoms with Gasteiger partial charge in [-0.1, -0.05) is 29.3 Å². The second kappa shape index (κ2) is 8.48. The predicted octanol–water partition coefficient (Wildman–Crippen LogP) is 4.99. The molecule has 4 rings (SSSR count). The maximum Gasteiger partial charge on any atom is 0.300 e. The molecule has 1 aliphatic heterocycles. The number of aryl methyl sites for hydroxylation is 2. The summed E-state index contributed by atoms with van der Waals surface area (Å²) in [6.45, 7) is 3.68. The fourth-order valence-corrected chi connectivity index (χ4v) is 4.20. The fourth-order valence-electron chi connectivity index (χ4n) is 3.98. The minimum absolute atomic E-state index is 0.0266. The highest BCUT2D eigenvalue weighted by atomic mass is 35.5. The van der Waals surface area contributed by atoms with Crippen molar-refractivity contribution in [2.24, 2.45) is 0 Å². The van der Waals surface area contributed by atoms with E-state index in [1.54, 1.807) is 54.9 Å². The van der Waals surface area contributed by atoms with E-state index in [0.717, 1.165) is 11.1 Å². The van der Waals surface area contributed by atoms with E-state index in [9.17, 15) is 14.7 Å². The number of halogens is 1. The van der Waals surface area contributed by atoms with Crippen LogP contribution in [0.1, 0.15) is 28.3 Å². The average Bonchev–Trinajstić information content (AvgIpc) is 3.04. The largest absolute Gasteiger partial charge is 0.507 e. The highest BCUT2D eigenvalue weighted by Gasteiger charge is 2.47. The molecule has 0 bridgehead atoms. The van der Waals surface area contributed by atoms with E-state index >= 15 is 0 Å². The summed E-state index contributed by atoms with van der Waals surface area (Å²) in [6, 6.07) is 13.0. The molecule has 0 aliphatic carbocycles. The summed E-state index contributed by atoms with van der Waals surface area (Å²) in [7, 11) is 1.48. The van der Waals surface area contributed by atoms with Gasteiger partial charge in [-0.15, -0.1) is 0 Å². The van der Waals surface area contributed by atoms with Gasteiger partial charge in [-0.2, -0.15) is 0 Å². The van der Waals surface area contributed by atoms with E-state index in [1.807, 2.05) is 19.9 Å². The van der Waals surface area contributed by atoms with Crippen LogP contribution >= 0.6 is 11.6 Å². The van der Waals surface area contributed by atoms with Crippen molar-refractivity contribution in [2.45, 2.75) is 19.9 Å². The number of Topliss-reactive ketones (excluding diaryl/α,β-unsaturated/α-hetero) is 1. The summed E-state index contributed by atoms with van der Waals surface area (Å²) in [5, 5.41) is 11.8. The number of anilines is 1. The van der Waals surface area contributed by atoms with Gasteiger partial charge in [0, 0.05) is 23.1 Å². The average molecular weight is 449 g/mol. The number of aromatic nitrogens is 1. The Hall–Kier alpha value is -3.64.